The lowest BCUT2D eigenvalue weighted by molar-refractivity contribution is 0.0922. The van der Waals surface area contributed by atoms with Gasteiger partial charge in [0.15, 0.2) is 5.69 Å². The van der Waals surface area contributed by atoms with Gasteiger partial charge in [-0.2, -0.15) is 5.10 Å². The topological polar surface area (TPSA) is 64.0 Å². The molecule has 2 aromatic rings. The summed E-state index contributed by atoms with van der Waals surface area (Å²) < 4.78 is 1.38. The molecule has 0 aliphatic carbocycles. The number of amides is 1. The number of hydrogen-bond donors (Lipinski definition) is 1. The van der Waals surface area contributed by atoms with Crippen molar-refractivity contribution in [3.63, 3.8) is 0 Å². The molecule has 0 bridgehead atoms. The molecular formula is C18H25N3O2. The van der Waals surface area contributed by atoms with Crippen LogP contribution in [-0.4, -0.2) is 21.7 Å². The van der Waals surface area contributed by atoms with E-state index >= 15 is 0 Å². The third-order valence-corrected chi connectivity index (χ3v) is 4.39. The van der Waals surface area contributed by atoms with Crippen molar-refractivity contribution < 1.29 is 4.79 Å². The van der Waals surface area contributed by atoms with Crippen LogP contribution in [0.4, 0.5) is 0 Å². The maximum atomic E-state index is 12.7. The molecule has 0 saturated carbocycles. The van der Waals surface area contributed by atoms with Gasteiger partial charge < -0.3 is 5.32 Å². The molecule has 1 aromatic carbocycles. The summed E-state index contributed by atoms with van der Waals surface area (Å²) in [5.41, 5.74) is 0.145. The van der Waals surface area contributed by atoms with Crippen molar-refractivity contribution in [1.29, 1.82) is 0 Å². The number of nitrogens with zero attached hydrogens (tertiary/aromatic N) is 2. The lowest BCUT2D eigenvalue weighted by Gasteiger charge is -2.20. The van der Waals surface area contributed by atoms with Crippen LogP contribution in [0.15, 0.2) is 29.1 Å². The largest absolute Gasteiger partial charge is 0.348 e. The van der Waals surface area contributed by atoms with Crippen LogP contribution < -0.4 is 10.9 Å². The van der Waals surface area contributed by atoms with Gasteiger partial charge in [0.1, 0.15) is 0 Å². The Labute approximate surface area is 136 Å². The van der Waals surface area contributed by atoms with Gasteiger partial charge in [0.25, 0.3) is 11.5 Å². The van der Waals surface area contributed by atoms with E-state index in [1.807, 2.05) is 26.8 Å². The van der Waals surface area contributed by atoms with Gasteiger partial charge in [-0.25, -0.2) is 4.68 Å². The predicted octanol–water partition coefficient (Wildman–Crippen LogP) is 3.14. The zero-order chi connectivity index (χ0) is 17.1. The average molecular weight is 315 g/mol. The van der Waals surface area contributed by atoms with Crippen molar-refractivity contribution in [2.24, 2.45) is 5.92 Å². The second-order valence-corrected chi connectivity index (χ2v) is 6.39. The Morgan fingerprint density at radius 3 is 2.35 bits per heavy atom. The van der Waals surface area contributed by atoms with E-state index in [1.165, 1.54) is 4.68 Å². The van der Waals surface area contributed by atoms with E-state index in [2.05, 4.69) is 24.3 Å². The molecule has 1 heterocycles. The van der Waals surface area contributed by atoms with Crippen LogP contribution in [0.5, 0.6) is 0 Å². The number of rotatable bonds is 5. The molecule has 1 aromatic heterocycles. The summed E-state index contributed by atoms with van der Waals surface area (Å²) in [6, 6.07) is 7.08. The number of carbonyl (C=O) groups excluding carboxylic acids is 1. The number of hydrogen-bond acceptors (Lipinski definition) is 3. The summed E-state index contributed by atoms with van der Waals surface area (Å²) in [5, 5.41) is 8.46. The first-order valence-corrected chi connectivity index (χ1v) is 8.19. The molecule has 1 amide bonds. The number of aromatic nitrogens is 2. The molecule has 0 aliphatic heterocycles. The highest BCUT2D eigenvalue weighted by Gasteiger charge is 2.20. The minimum Gasteiger partial charge on any atom is -0.348 e. The quantitative estimate of drug-likeness (QED) is 0.922. The zero-order valence-electron chi connectivity index (χ0n) is 14.5. The van der Waals surface area contributed by atoms with Gasteiger partial charge in [0.05, 0.1) is 11.4 Å². The van der Waals surface area contributed by atoms with Gasteiger partial charge in [-0.1, -0.05) is 38.5 Å². The van der Waals surface area contributed by atoms with Crippen molar-refractivity contribution in [2.75, 3.05) is 0 Å². The molecule has 23 heavy (non-hydrogen) atoms. The molecule has 124 valence electrons. The van der Waals surface area contributed by atoms with E-state index in [0.717, 1.165) is 6.42 Å². The van der Waals surface area contributed by atoms with E-state index in [-0.39, 0.29) is 23.6 Å². The van der Waals surface area contributed by atoms with Crippen LogP contribution in [0.2, 0.25) is 0 Å². The van der Waals surface area contributed by atoms with Crippen LogP contribution in [0.3, 0.4) is 0 Å². The standard InChI is InChI=1S/C18H25N3O2/c1-6-12(4)13(5)19-17(22)16-14-9-7-8-10-15(14)18(23)21(20-16)11(2)3/h7-13H,6H2,1-5H3,(H,19,22). The summed E-state index contributed by atoms with van der Waals surface area (Å²) >= 11 is 0. The minimum absolute atomic E-state index is 0.0486. The van der Waals surface area contributed by atoms with E-state index in [9.17, 15) is 9.59 Å². The Hall–Kier alpha value is -2.17. The summed E-state index contributed by atoms with van der Waals surface area (Å²) in [6.07, 6.45) is 0.987. The number of nitrogens with one attached hydrogen (secondary N) is 1. The zero-order valence-corrected chi connectivity index (χ0v) is 14.5. The predicted molar refractivity (Wildman–Crippen MR) is 92.8 cm³/mol. The van der Waals surface area contributed by atoms with Crippen LogP contribution in [-0.2, 0) is 0 Å². The molecular weight excluding hydrogens is 290 g/mol. The van der Waals surface area contributed by atoms with Crippen molar-refractivity contribution in [2.45, 2.75) is 53.1 Å². The monoisotopic (exact) mass is 315 g/mol. The van der Waals surface area contributed by atoms with Gasteiger partial charge in [-0.05, 0) is 32.8 Å². The van der Waals surface area contributed by atoms with Crippen LogP contribution in [0, 0.1) is 5.92 Å². The maximum Gasteiger partial charge on any atom is 0.274 e. The van der Waals surface area contributed by atoms with E-state index < -0.39 is 0 Å². The van der Waals surface area contributed by atoms with E-state index in [0.29, 0.717) is 22.4 Å². The Morgan fingerprint density at radius 2 is 1.78 bits per heavy atom. The minimum atomic E-state index is -0.233. The smallest absolute Gasteiger partial charge is 0.274 e. The van der Waals surface area contributed by atoms with Gasteiger partial charge in [0.2, 0.25) is 0 Å². The molecule has 2 atom stereocenters. The highest BCUT2D eigenvalue weighted by Crippen LogP contribution is 2.16. The maximum absolute atomic E-state index is 12.7. The lowest BCUT2D eigenvalue weighted by atomic mass is 10.0. The molecule has 0 saturated heterocycles. The Morgan fingerprint density at radius 1 is 1.17 bits per heavy atom. The van der Waals surface area contributed by atoms with Gasteiger partial charge in [-0.15, -0.1) is 0 Å². The van der Waals surface area contributed by atoms with E-state index in [4.69, 9.17) is 0 Å². The molecule has 0 spiro atoms. The fourth-order valence-corrected chi connectivity index (χ4v) is 2.50. The van der Waals surface area contributed by atoms with Crippen LogP contribution >= 0.6 is 0 Å². The third kappa shape index (κ3) is 3.44. The fraction of sp³-hybridized carbons (Fsp3) is 0.500. The third-order valence-electron chi connectivity index (χ3n) is 4.39. The van der Waals surface area contributed by atoms with Crippen molar-refractivity contribution in [1.82, 2.24) is 15.1 Å². The normalized spacial score (nSPS) is 14.0. The summed E-state index contributed by atoms with van der Waals surface area (Å²) in [4.78, 5) is 25.2. The first-order chi connectivity index (χ1) is 10.9. The molecule has 1 N–H and O–H groups in total. The van der Waals surface area contributed by atoms with Gasteiger partial charge in [-0.3, -0.25) is 9.59 Å². The summed E-state index contributed by atoms with van der Waals surface area (Å²) in [6.45, 7) is 9.96. The Kier molecular flexibility index (Phi) is 5.19. The first kappa shape index (κ1) is 17.2. The summed E-state index contributed by atoms with van der Waals surface area (Å²) in [7, 11) is 0. The second kappa shape index (κ2) is 6.94. The summed E-state index contributed by atoms with van der Waals surface area (Å²) in [5.74, 6) is 0.143. The van der Waals surface area contributed by atoms with Crippen molar-refractivity contribution >= 4 is 16.7 Å². The molecule has 0 fully saturated rings. The molecule has 2 unspecified atom stereocenters. The molecule has 5 nitrogen and oxygen atoms in total. The van der Waals surface area contributed by atoms with Crippen molar-refractivity contribution in [3.05, 3.63) is 40.3 Å². The Bertz CT molecular complexity index is 764. The molecule has 5 heteroatoms. The highest BCUT2D eigenvalue weighted by atomic mass is 16.2. The molecule has 2 rings (SSSR count). The average Bonchev–Trinajstić information content (AvgIpc) is 2.54. The van der Waals surface area contributed by atoms with Crippen molar-refractivity contribution in [3.8, 4) is 0 Å². The highest BCUT2D eigenvalue weighted by molar-refractivity contribution is 6.04. The lowest BCUT2D eigenvalue weighted by Crippen LogP contribution is -2.39. The van der Waals surface area contributed by atoms with Crippen LogP contribution in [0.1, 0.15) is 57.6 Å². The Balaban J connectivity index is 2.53. The second-order valence-electron chi connectivity index (χ2n) is 6.39. The number of benzene rings is 1. The molecule has 0 aliphatic rings. The van der Waals surface area contributed by atoms with Gasteiger partial charge in [0, 0.05) is 11.4 Å². The van der Waals surface area contributed by atoms with Crippen LogP contribution in [0.25, 0.3) is 10.8 Å². The SMILES string of the molecule is CCC(C)C(C)NC(=O)c1nn(C(C)C)c(=O)c2ccccc12. The van der Waals surface area contributed by atoms with Gasteiger partial charge >= 0.3 is 0 Å². The number of fused-ring (bicyclic) bond motifs is 1. The fourth-order valence-electron chi connectivity index (χ4n) is 2.50. The van der Waals surface area contributed by atoms with E-state index in [1.54, 1.807) is 18.2 Å². The number of carbonyl (C=O) groups is 1. The molecule has 0 radical (unpaired) electrons. The first-order valence-electron chi connectivity index (χ1n) is 8.19.